The standard InChI is InChI=1S/C8H11ClN2OS2/c9-6-3-10-7(14-6)11-4-8(12)1-2-13-5-8/h3,12H,1-2,4-5H2,(H,10,11). The minimum atomic E-state index is -0.567. The van der Waals surface area contributed by atoms with Gasteiger partial charge < -0.3 is 10.4 Å². The van der Waals surface area contributed by atoms with Crippen molar-refractivity contribution in [1.29, 1.82) is 0 Å². The maximum Gasteiger partial charge on any atom is 0.184 e. The van der Waals surface area contributed by atoms with Gasteiger partial charge in [0.25, 0.3) is 0 Å². The van der Waals surface area contributed by atoms with Crippen molar-refractivity contribution < 1.29 is 5.11 Å². The number of nitrogens with zero attached hydrogens (tertiary/aromatic N) is 1. The van der Waals surface area contributed by atoms with Crippen molar-refractivity contribution in [3.8, 4) is 0 Å². The fourth-order valence-electron chi connectivity index (χ4n) is 1.31. The van der Waals surface area contributed by atoms with E-state index >= 15 is 0 Å². The average Bonchev–Trinajstić information content (AvgIpc) is 2.73. The molecular weight excluding hydrogens is 240 g/mol. The first kappa shape index (κ1) is 10.5. The van der Waals surface area contributed by atoms with Crippen LogP contribution in [0.2, 0.25) is 4.34 Å². The minimum absolute atomic E-state index is 0.559. The number of halogens is 1. The van der Waals surface area contributed by atoms with Gasteiger partial charge in [0, 0.05) is 12.3 Å². The van der Waals surface area contributed by atoms with Crippen molar-refractivity contribution in [2.24, 2.45) is 0 Å². The Morgan fingerprint density at radius 3 is 3.14 bits per heavy atom. The molecule has 0 bridgehead atoms. The fraction of sp³-hybridized carbons (Fsp3) is 0.625. The Bertz CT molecular complexity index is 312. The quantitative estimate of drug-likeness (QED) is 0.862. The van der Waals surface area contributed by atoms with E-state index in [2.05, 4.69) is 10.3 Å². The Morgan fingerprint density at radius 2 is 2.57 bits per heavy atom. The number of anilines is 1. The monoisotopic (exact) mass is 250 g/mol. The van der Waals surface area contributed by atoms with E-state index in [1.165, 1.54) is 11.3 Å². The number of hydrogen-bond donors (Lipinski definition) is 2. The van der Waals surface area contributed by atoms with Crippen LogP contribution in [0.3, 0.4) is 0 Å². The number of aliphatic hydroxyl groups is 1. The third-order valence-electron chi connectivity index (χ3n) is 2.13. The average molecular weight is 251 g/mol. The zero-order valence-electron chi connectivity index (χ0n) is 7.49. The van der Waals surface area contributed by atoms with Gasteiger partial charge in [-0.25, -0.2) is 4.98 Å². The molecule has 78 valence electrons. The van der Waals surface area contributed by atoms with Crippen molar-refractivity contribution >= 4 is 39.8 Å². The number of hydrogen-bond acceptors (Lipinski definition) is 5. The van der Waals surface area contributed by atoms with E-state index in [0.29, 0.717) is 10.9 Å². The van der Waals surface area contributed by atoms with E-state index in [1.54, 1.807) is 18.0 Å². The lowest BCUT2D eigenvalue weighted by Gasteiger charge is -2.20. The summed E-state index contributed by atoms with van der Waals surface area (Å²) in [6.45, 7) is 0.559. The van der Waals surface area contributed by atoms with Gasteiger partial charge in [-0.05, 0) is 12.2 Å². The van der Waals surface area contributed by atoms with Crippen molar-refractivity contribution in [2.45, 2.75) is 12.0 Å². The van der Waals surface area contributed by atoms with E-state index in [-0.39, 0.29) is 0 Å². The van der Waals surface area contributed by atoms with Crippen molar-refractivity contribution in [1.82, 2.24) is 4.98 Å². The van der Waals surface area contributed by atoms with Crippen molar-refractivity contribution in [3.05, 3.63) is 10.5 Å². The van der Waals surface area contributed by atoms with Crippen LogP contribution < -0.4 is 5.32 Å². The molecule has 2 heterocycles. The van der Waals surface area contributed by atoms with E-state index in [1.807, 2.05) is 0 Å². The molecule has 0 saturated carbocycles. The molecule has 2 rings (SSSR count). The predicted octanol–water partition coefficient (Wildman–Crippen LogP) is 2.08. The Labute approximate surface area is 95.9 Å². The second-order valence-corrected chi connectivity index (χ2v) is 6.12. The van der Waals surface area contributed by atoms with Crippen LogP contribution >= 0.6 is 34.7 Å². The summed E-state index contributed by atoms with van der Waals surface area (Å²) in [4.78, 5) is 4.07. The molecule has 1 aromatic heterocycles. The first-order valence-corrected chi connectivity index (χ1v) is 6.68. The van der Waals surface area contributed by atoms with Crippen LogP contribution in [0.5, 0.6) is 0 Å². The summed E-state index contributed by atoms with van der Waals surface area (Å²) < 4.78 is 0.667. The molecule has 0 spiro atoms. The molecule has 0 radical (unpaired) electrons. The number of aromatic nitrogens is 1. The van der Waals surface area contributed by atoms with Crippen molar-refractivity contribution in [2.75, 3.05) is 23.4 Å². The largest absolute Gasteiger partial charge is 0.387 e. The summed E-state index contributed by atoms with van der Waals surface area (Å²) in [6.07, 6.45) is 2.46. The Kier molecular flexibility index (Phi) is 3.21. The maximum absolute atomic E-state index is 10.0. The molecule has 3 nitrogen and oxygen atoms in total. The van der Waals surface area contributed by atoms with Gasteiger partial charge in [-0.15, -0.1) is 0 Å². The van der Waals surface area contributed by atoms with Crippen LogP contribution in [-0.2, 0) is 0 Å². The van der Waals surface area contributed by atoms with Crippen LogP contribution in [0.1, 0.15) is 6.42 Å². The summed E-state index contributed by atoms with van der Waals surface area (Å²) in [7, 11) is 0. The molecule has 1 unspecified atom stereocenters. The van der Waals surface area contributed by atoms with Crippen LogP contribution in [-0.4, -0.2) is 33.7 Å². The second kappa shape index (κ2) is 4.26. The summed E-state index contributed by atoms with van der Waals surface area (Å²) in [5.41, 5.74) is -0.567. The van der Waals surface area contributed by atoms with Crippen LogP contribution in [0.25, 0.3) is 0 Å². The molecule has 1 fully saturated rings. The third kappa shape index (κ3) is 2.53. The molecule has 1 aliphatic heterocycles. The lowest BCUT2D eigenvalue weighted by molar-refractivity contribution is 0.0820. The van der Waals surface area contributed by atoms with Gasteiger partial charge in [0.1, 0.15) is 4.34 Å². The van der Waals surface area contributed by atoms with Gasteiger partial charge in [0.15, 0.2) is 5.13 Å². The maximum atomic E-state index is 10.0. The molecule has 0 amide bonds. The number of thiazole rings is 1. The smallest absolute Gasteiger partial charge is 0.184 e. The highest BCUT2D eigenvalue weighted by Gasteiger charge is 2.31. The third-order valence-corrected chi connectivity index (χ3v) is 4.44. The zero-order chi connectivity index (χ0) is 10.0. The predicted molar refractivity (Wildman–Crippen MR) is 62.5 cm³/mol. The van der Waals surface area contributed by atoms with Gasteiger partial charge in [-0.1, -0.05) is 22.9 Å². The normalized spacial score (nSPS) is 26.7. The summed E-state index contributed by atoms with van der Waals surface area (Å²) in [6, 6.07) is 0. The number of nitrogens with one attached hydrogen (secondary N) is 1. The van der Waals surface area contributed by atoms with E-state index in [9.17, 15) is 5.11 Å². The lowest BCUT2D eigenvalue weighted by atomic mass is 10.0. The van der Waals surface area contributed by atoms with Crippen LogP contribution in [0.15, 0.2) is 6.20 Å². The van der Waals surface area contributed by atoms with Crippen LogP contribution in [0, 0.1) is 0 Å². The summed E-state index contributed by atoms with van der Waals surface area (Å²) in [5.74, 6) is 1.84. The Morgan fingerprint density at radius 1 is 1.71 bits per heavy atom. The summed E-state index contributed by atoms with van der Waals surface area (Å²) >= 11 is 8.92. The number of thioether (sulfide) groups is 1. The SMILES string of the molecule is OC1(CNc2ncc(Cl)s2)CCSC1. The highest BCUT2D eigenvalue weighted by molar-refractivity contribution is 7.99. The van der Waals surface area contributed by atoms with E-state index in [4.69, 9.17) is 11.6 Å². The molecular formula is C8H11ClN2OS2. The van der Waals surface area contributed by atoms with Gasteiger partial charge in [0.2, 0.25) is 0 Å². The molecule has 1 aromatic rings. The Hall–Kier alpha value is 0.0300. The van der Waals surface area contributed by atoms with E-state index in [0.717, 1.165) is 23.1 Å². The van der Waals surface area contributed by atoms with Gasteiger partial charge in [0.05, 0.1) is 11.8 Å². The fourth-order valence-corrected chi connectivity index (χ4v) is 3.42. The Balaban J connectivity index is 1.87. The molecule has 0 aliphatic carbocycles. The molecule has 1 aliphatic rings. The molecule has 1 saturated heterocycles. The molecule has 0 aromatic carbocycles. The van der Waals surface area contributed by atoms with Crippen molar-refractivity contribution in [3.63, 3.8) is 0 Å². The van der Waals surface area contributed by atoms with E-state index < -0.39 is 5.60 Å². The first-order valence-electron chi connectivity index (χ1n) is 4.33. The molecule has 14 heavy (non-hydrogen) atoms. The molecule has 1 atom stereocenters. The first-order chi connectivity index (χ1) is 6.68. The molecule has 2 N–H and O–H groups in total. The lowest BCUT2D eigenvalue weighted by Crippen LogP contribution is -2.36. The van der Waals surface area contributed by atoms with Crippen LogP contribution in [0.4, 0.5) is 5.13 Å². The highest BCUT2D eigenvalue weighted by atomic mass is 35.5. The topological polar surface area (TPSA) is 45.1 Å². The van der Waals surface area contributed by atoms with Gasteiger partial charge in [-0.3, -0.25) is 0 Å². The zero-order valence-corrected chi connectivity index (χ0v) is 9.88. The molecule has 6 heteroatoms. The second-order valence-electron chi connectivity index (χ2n) is 3.35. The highest BCUT2D eigenvalue weighted by Crippen LogP contribution is 2.29. The number of rotatable bonds is 3. The minimum Gasteiger partial charge on any atom is -0.387 e. The van der Waals surface area contributed by atoms with Gasteiger partial charge >= 0.3 is 0 Å². The summed E-state index contributed by atoms with van der Waals surface area (Å²) in [5, 5.41) is 13.9. The van der Waals surface area contributed by atoms with Gasteiger partial charge in [-0.2, -0.15) is 11.8 Å².